The van der Waals surface area contributed by atoms with Gasteiger partial charge in [-0.15, -0.1) is 0 Å². The van der Waals surface area contributed by atoms with Gasteiger partial charge in [-0.25, -0.2) is 14.7 Å². The van der Waals surface area contributed by atoms with Gasteiger partial charge in [-0.2, -0.15) is 8.42 Å². The molecule has 2 aliphatic heterocycles. The molecule has 212 valence electrons. The van der Waals surface area contributed by atoms with E-state index in [-0.39, 0.29) is 27.6 Å². The molecule has 9 nitrogen and oxygen atoms in total. The lowest BCUT2D eigenvalue weighted by atomic mass is 9.90. The normalized spacial score (nSPS) is 22.4. The Balaban J connectivity index is 1.64. The summed E-state index contributed by atoms with van der Waals surface area (Å²) in [6.07, 6.45) is 4.29. The highest BCUT2D eigenvalue weighted by atomic mass is 79.9. The standard InChI is InChI=1S/C29H35BrN6O3S/c1-28(2,3)22-14-12-19-26(33-22)36-17-18(16-29(36,4)5)11-13-21(25-20(30)8-7-15-31-25)32-23-9-6-10-24(34-23)40(38,39)35-27(19)37/h6-10,12,14-15,18,21H,11,13,16-17H2,1-5H3,(H,32,34)(H,35,37)/t18-,21-/m0/s1. The maximum absolute atomic E-state index is 13.6. The molecule has 0 saturated carbocycles. The van der Waals surface area contributed by atoms with Crippen molar-refractivity contribution in [1.29, 1.82) is 0 Å². The molecule has 1 amide bonds. The lowest BCUT2D eigenvalue weighted by molar-refractivity contribution is 0.0981. The Hall–Kier alpha value is -3.05. The van der Waals surface area contributed by atoms with Gasteiger partial charge >= 0.3 is 0 Å². The van der Waals surface area contributed by atoms with Crippen LogP contribution in [0.1, 0.15) is 81.7 Å². The van der Waals surface area contributed by atoms with Crippen LogP contribution in [-0.2, 0) is 15.4 Å². The van der Waals surface area contributed by atoms with Crippen LogP contribution in [0.5, 0.6) is 0 Å². The minimum atomic E-state index is -4.26. The summed E-state index contributed by atoms with van der Waals surface area (Å²) in [5, 5.41) is 3.16. The second-order valence-electron chi connectivity index (χ2n) is 12.3. The van der Waals surface area contributed by atoms with Crippen LogP contribution in [-0.4, -0.2) is 41.4 Å². The molecule has 5 rings (SSSR count). The Labute approximate surface area is 244 Å². The van der Waals surface area contributed by atoms with Crippen molar-refractivity contribution in [2.24, 2.45) is 5.92 Å². The first-order valence-corrected chi connectivity index (χ1v) is 15.7. The number of carbonyl (C=O) groups is 1. The lowest BCUT2D eigenvalue weighted by Crippen LogP contribution is -2.41. The summed E-state index contributed by atoms with van der Waals surface area (Å²) in [5.74, 6) is 0.489. The first kappa shape index (κ1) is 28.5. The molecule has 3 aromatic heterocycles. The molecule has 2 N–H and O–H groups in total. The highest BCUT2D eigenvalue weighted by Gasteiger charge is 2.41. The summed E-state index contributed by atoms with van der Waals surface area (Å²) in [5.41, 5.74) is 1.34. The third-order valence-electron chi connectivity index (χ3n) is 7.63. The van der Waals surface area contributed by atoms with Crippen LogP contribution in [0.2, 0.25) is 0 Å². The van der Waals surface area contributed by atoms with Crippen LogP contribution >= 0.6 is 15.9 Å². The largest absolute Gasteiger partial charge is 0.362 e. The van der Waals surface area contributed by atoms with Crippen LogP contribution in [0.25, 0.3) is 0 Å². The molecule has 3 aromatic rings. The first-order valence-electron chi connectivity index (χ1n) is 13.4. The van der Waals surface area contributed by atoms with E-state index in [4.69, 9.17) is 4.98 Å². The van der Waals surface area contributed by atoms with E-state index in [2.05, 4.69) is 75.5 Å². The summed E-state index contributed by atoms with van der Waals surface area (Å²) in [4.78, 5) is 29.7. The van der Waals surface area contributed by atoms with E-state index >= 15 is 0 Å². The van der Waals surface area contributed by atoms with Crippen molar-refractivity contribution < 1.29 is 13.2 Å². The van der Waals surface area contributed by atoms with Crippen molar-refractivity contribution in [3.05, 3.63) is 70.1 Å². The molecule has 40 heavy (non-hydrogen) atoms. The average Bonchev–Trinajstić information content (AvgIpc) is 3.19. The fourth-order valence-corrected chi connectivity index (χ4v) is 7.05. The second-order valence-corrected chi connectivity index (χ2v) is 14.7. The van der Waals surface area contributed by atoms with E-state index in [1.807, 2.05) is 12.1 Å². The number of halogens is 1. The number of anilines is 2. The number of nitrogens with zero attached hydrogens (tertiary/aromatic N) is 4. The predicted molar refractivity (Wildman–Crippen MR) is 159 cm³/mol. The summed E-state index contributed by atoms with van der Waals surface area (Å²) in [6.45, 7) is 11.2. The van der Waals surface area contributed by atoms with Gasteiger partial charge in [-0.3, -0.25) is 9.78 Å². The van der Waals surface area contributed by atoms with E-state index in [1.165, 1.54) is 6.07 Å². The highest BCUT2D eigenvalue weighted by molar-refractivity contribution is 9.10. The predicted octanol–water partition coefficient (Wildman–Crippen LogP) is 5.60. The number of carbonyl (C=O) groups excluding carboxylic acids is 1. The number of pyridine rings is 3. The topological polar surface area (TPSA) is 117 Å². The molecule has 0 unspecified atom stereocenters. The van der Waals surface area contributed by atoms with Crippen LogP contribution in [0.3, 0.4) is 0 Å². The highest BCUT2D eigenvalue weighted by Crippen LogP contribution is 2.41. The van der Waals surface area contributed by atoms with Crippen molar-refractivity contribution in [2.45, 2.75) is 75.9 Å². The van der Waals surface area contributed by atoms with Crippen molar-refractivity contribution in [1.82, 2.24) is 19.7 Å². The molecule has 0 radical (unpaired) electrons. The minimum absolute atomic E-state index is 0.212. The molecule has 11 heteroatoms. The summed E-state index contributed by atoms with van der Waals surface area (Å²) < 4.78 is 29.8. The summed E-state index contributed by atoms with van der Waals surface area (Å²) in [6, 6.07) is 11.8. The van der Waals surface area contributed by atoms with Crippen LogP contribution < -0.4 is 14.9 Å². The van der Waals surface area contributed by atoms with Crippen LogP contribution in [0.4, 0.5) is 11.6 Å². The molecular weight excluding hydrogens is 592 g/mol. The molecule has 1 fully saturated rings. The Morgan fingerprint density at radius 3 is 2.55 bits per heavy atom. The zero-order valence-electron chi connectivity index (χ0n) is 23.4. The number of fused-ring (bicyclic) bond motifs is 6. The van der Waals surface area contributed by atoms with Crippen LogP contribution in [0.15, 0.2) is 58.2 Å². The second kappa shape index (κ2) is 10.4. The molecule has 4 bridgehead atoms. The molecule has 1 saturated heterocycles. The molecule has 0 spiro atoms. The zero-order valence-corrected chi connectivity index (χ0v) is 25.8. The SMILES string of the molecule is CC(C)(C)c1ccc2c(n1)N1C[C@@H](CC[C@@H](c3ncccc3Br)Nc3cccc(n3)S(=O)(=O)NC2=O)CC1(C)C. The number of sulfonamides is 1. The van der Waals surface area contributed by atoms with Gasteiger partial charge in [0.05, 0.1) is 17.3 Å². The van der Waals surface area contributed by atoms with Crippen molar-refractivity contribution in [3.63, 3.8) is 0 Å². The number of nitrogens with one attached hydrogen (secondary N) is 2. The quantitative estimate of drug-likeness (QED) is 0.358. The van der Waals surface area contributed by atoms with E-state index in [1.54, 1.807) is 30.5 Å². The maximum Gasteiger partial charge on any atom is 0.281 e. The van der Waals surface area contributed by atoms with E-state index in [9.17, 15) is 13.2 Å². The van der Waals surface area contributed by atoms with Gasteiger partial charge in [0.1, 0.15) is 11.6 Å². The summed E-state index contributed by atoms with van der Waals surface area (Å²) >= 11 is 3.63. The fraction of sp³-hybridized carbons (Fsp3) is 0.448. The zero-order chi connectivity index (χ0) is 28.9. The Kier molecular flexibility index (Phi) is 7.41. The lowest BCUT2D eigenvalue weighted by Gasteiger charge is -2.34. The van der Waals surface area contributed by atoms with E-state index in [0.717, 1.165) is 35.1 Å². The minimum Gasteiger partial charge on any atom is -0.362 e. The Bertz CT molecular complexity index is 1550. The number of hydrogen-bond acceptors (Lipinski definition) is 8. The van der Waals surface area contributed by atoms with Gasteiger partial charge in [0.2, 0.25) is 0 Å². The van der Waals surface area contributed by atoms with E-state index < -0.39 is 15.9 Å². The molecular formula is C29H35BrN6O3S. The van der Waals surface area contributed by atoms with Gasteiger partial charge in [0, 0.05) is 33.9 Å². The average molecular weight is 628 g/mol. The van der Waals surface area contributed by atoms with Crippen molar-refractivity contribution in [3.8, 4) is 0 Å². The van der Waals surface area contributed by atoms with E-state index in [0.29, 0.717) is 24.1 Å². The van der Waals surface area contributed by atoms with Gasteiger partial charge in [-0.1, -0.05) is 26.8 Å². The Morgan fingerprint density at radius 1 is 1.05 bits per heavy atom. The molecule has 0 aromatic carbocycles. The third-order valence-corrected chi connectivity index (χ3v) is 9.53. The number of hydrogen-bond donors (Lipinski definition) is 2. The Morgan fingerprint density at radius 2 is 1.82 bits per heavy atom. The van der Waals surface area contributed by atoms with Gasteiger partial charge < -0.3 is 10.2 Å². The molecule has 5 heterocycles. The van der Waals surface area contributed by atoms with Crippen LogP contribution in [0, 0.1) is 5.92 Å². The first-order chi connectivity index (χ1) is 18.7. The number of amides is 1. The number of rotatable bonds is 1. The maximum atomic E-state index is 13.6. The molecule has 2 aliphatic rings. The summed E-state index contributed by atoms with van der Waals surface area (Å²) in [7, 11) is -4.26. The van der Waals surface area contributed by atoms with Gasteiger partial charge in [-0.05, 0) is 91.4 Å². The monoisotopic (exact) mass is 626 g/mol. The molecule has 0 aliphatic carbocycles. The van der Waals surface area contributed by atoms with Gasteiger partial charge in [0.25, 0.3) is 15.9 Å². The fourth-order valence-electron chi connectivity index (χ4n) is 5.59. The third kappa shape index (κ3) is 5.72. The number of aromatic nitrogens is 3. The van der Waals surface area contributed by atoms with Crippen molar-refractivity contribution >= 4 is 43.5 Å². The van der Waals surface area contributed by atoms with Crippen molar-refractivity contribution in [2.75, 3.05) is 16.8 Å². The molecule has 2 atom stereocenters. The van der Waals surface area contributed by atoms with Gasteiger partial charge in [0.15, 0.2) is 5.03 Å². The smallest absolute Gasteiger partial charge is 0.281 e.